The number of hydrogen-bond donors (Lipinski definition) is 0. The average molecular weight is 517 g/mol. The highest BCUT2D eigenvalue weighted by molar-refractivity contribution is 7.11. The van der Waals surface area contributed by atoms with E-state index < -0.39 is 5.92 Å². The molecule has 3 heterocycles. The van der Waals surface area contributed by atoms with Crippen molar-refractivity contribution in [2.24, 2.45) is 11.8 Å². The maximum Gasteiger partial charge on any atom is 0.250 e. The molecule has 1 aromatic heterocycles. The Morgan fingerprint density at radius 3 is 2.47 bits per heavy atom. The summed E-state index contributed by atoms with van der Waals surface area (Å²) in [6, 6.07) is 7.66. The van der Waals surface area contributed by atoms with Crippen molar-refractivity contribution >= 4 is 28.7 Å². The molecule has 0 spiro atoms. The first kappa shape index (κ1) is 25.4. The smallest absolute Gasteiger partial charge is 0.250 e. The Morgan fingerprint density at radius 2 is 1.75 bits per heavy atom. The van der Waals surface area contributed by atoms with E-state index in [-0.39, 0.29) is 43.3 Å². The van der Waals surface area contributed by atoms with Crippen LogP contribution >= 0.6 is 11.3 Å². The molecule has 2 saturated heterocycles. The maximum absolute atomic E-state index is 13.4. The summed E-state index contributed by atoms with van der Waals surface area (Å²) in [7, 11) is 0. The number of piperidine rings is 1. The van der Waals surface area contributed by atoms with Gasteiger partial charge in [0.05, 0.1) is 6.42 Å². The van der Waals surface area contributed by atoms with Crippen LogP contribution in [-0.2, 0) is 29.0 Å². The van der Waals surface area contributed by atoms with Gasteiger partial charge in [-0.1, -0.05) is 37.8 Å². The van der Waals surface area contributed by atoms with E-state index in [0.29, 0.717) is 26.2 Å². The standard InChI is InChI=1S/C27H34F2N4O2S/c28-27(29)11-13-32(14-12-27)17-20-5-8-22(9-6-20)33-18-21(15-26(33)35)23(34)16-25-31-30-24(36-25)10-7-19-3-1-2-4-19/h5-6,8-9,19,21H,1-4,7,10-18H2. The van der Waals surface area contributed by atoms with Gasteiger partial charge in [-0.2, -0.15) is 0 Å². The van der Waals surface area contributed by atoms with E-state index in [1.807, 2.05) is 29.2 Å². The number of aryl methyl sites for hydroxylation is 1. The van der Waals surface area contributed by atoms with Gasteiger partial charge in [-0.05, 0) is 30.0 Å². The number of aromatic nitrogens is 2. The predicted octanol–water partition coefficient (Wildman–Crippen LogP) is 5.06. The zero-order valence-electron chi connectivity index (χ0n) is 20.6. The highest BCUT2D eigenvalue weighted by atomic mass is 32.1. The number of anilines is 1. The molecule has 194 valence electrons. The van der Waals surface area contributed by atoms with Crippen LogP contribution in [0.15, 0.2) is 24.3 Å². The number of nitrogens with zero attached hydrogens (tertiary/aromatic N) is 4. The van der Waals surface area contributed by atoms with Crippen LogP contribution in [0.2, 0.25) is 0 Å². The van der Waals surface area contributed by atoms with Crippen molar-refractivity contribution in [2.45, 2.75) is 76.7 Å². The van der Waals surface area contributed by atoms with Crippen molar-refractivity contribution in [1.29, 1.82) is 0 Å². The quantitative estimate of drug-likeness (QED) is 0.466. The fraction of sp³-hybridized carbons (Fsp3) is 0.630. The third-order valence-electron chi connectivity index (χ3n) is 7.90. The summed E-state index contributed by atoms with van der Waals surface area (Å²) in [5.41, 5.74) is 1.80. The molecule has 1 aromatic carbocycles. The van der Waals surface area contributed by atoms with Crippen LogP contribution in [0.3, 0.4) is 0 Å². The lowest BCUT2D eigenvalue weighted by Gasteiger charge is -2.31. The molecule has 1 amide bonds. The van der Waals surface area contributed by atoms with Crippen LogP contribution in [0.5, 0.6) is 0 Å². The monoisotopic (exact) mass is 516 g/mol. The fourth-order valence-electron chi connectivity index (χ4n) is 5.63. The molecule has 0 radical (unpaired) electrons. The minimum Gasteiger partial charge on any atom is -0.312 e. The molecule has 2 aromatic rings. The zero-order valence-corrected chi connectivity index (χ0v) is 21.4. The predicted molar refractivity (Wildman–Crippen MR) is 135 cm³/mol. The molecule has 1 unspecified atom stereocenters. The Bertz CT molecular complexity index is 1060. The van der Waals surface area contributed by atoms with Crippen molar-refractivity contribution in [2.75, 3.05) is 24.5 Å². The van der Waals surface area contributed by atoms with E-state index >= 15 is 0 Å². The molecule has 1 aliphatic carbocycles. The fourth-order valence-corrected chi connectivity index (χ4v) is 6.50. The van der Waals surface area contributed by atoms with Gasteiger partial charge in [0.15, 0.2) is 0 Å². The maximum atomic E-state index is 13.4. The minimum atomic E-state index is -2.54. The number of rotatable bonds is 9. The molecule has 5 rings (SSSR count). The number of alkyl halides is 2. The van der Waals surface area contributed by atoms with Gasteiger partial charge in [0.2, 0.25) is 5.91 Å². The van der Waals surface area contributed by atoms with Crippen LogP contribution in [0.25, 0.3) is 0 Å². The second-order valence-electron chi connectivity index (χ2n) is 10.6. The minimum absolute atomic E-state index is 0.0443. The van der Waals surface area contributed by atoms with Crippen molar-refractivity contribution in [3.05, 3.63) is 39.8 Å². The van der Waals surface area contributed by atoms with E-state index in [4.69, 9.17) is 0 Å². The molecule has 9 heteroatoms. The number of carbonyl (C=O) groups excluding carboxylic acids is 2. The normalized spacial score (nSPS) is 23.0. The van der Waals surface area contributed by atoms with Gasteiger partial charge in [0, 0.05) is 63.5 Å². The van der Waals surface area contributed by atoms with Crippen molar-refractivity contribution in [1.82, 2.24) is 15.1 Å². The second kappa shape index (κ2) is 11.0. The van der Waals surface area contributed by atoms with E-state index in [2.05, 4.69) is 10.2 Å². The van der Waals surface area contributed by atoms with Crippen LogP contribution in [0.1, 0.15) is 66.9 Å². The molecule has 6 nitrogen and oxygen atoms in total. The van der Waals surface area contributed by atoms with Gasteiger partial charge in [-0.15, -0.1) is 21.5 Å². The lowest BCUT2D eigenvalue weighted by atomic mass is 10.0. The highest BCUT2D eigenvalue weighted by Crippen LogP contribution is 2.31. The first-order valence-electron chi connectivity index (χ1n) is 13.2. The van der Waals surface area contributed by atoms with Crippen molar-refractivity contribution in [3.63, 3.8) is 0 Å². The second-order valence-corrected chi connectivity index (χ2v) is 11.8. The number of amides is 1. The van der Waals surface area contributed by atoms with Gasteiger partial charge >= 0.3 is 0 Å². The Morgan fingerprint density at radius 1 is 1.06 bits per heavy atom. The summed E-state index contributed by atoms with van der Waals surface area (Å²) < 4.78 is 26.8. The Kier molecular flexibility index (Phi) is 7.76. The summed E-state index contributed by atoms with van der Waals surface area (Å²) in [5, 5.41) is 10.3. The Labute approximate surface area is 215 Å². The van der Waals surface area contributed by atoms with Gasteiger partial charge < -0.3 is 4.90 Å². The zero-order chi connectivity index (χ0) is 25.1. The first-order chi connectivity index (χ1) is 17.3. The average Bonchev–Trinajstić information content (AvgIpc) is 3.61. The van der Waals surface area contributed by atoms with E-state index in [9.17, 15) is 18.4 Å². The molecule has 1 atom stereocenters. The third kappa shape index (κ3) is 6.35. The molecule has 2 aliphatic heterocycles. The molecule has 36 heavy (non-hydrogen) atoms. The number of ketones is 1. The number of hydrogen-bond acceptors (Lipinski definition) is 6. The molecular formula is C27H34F2N4O2S. The number of halogens is 2. The molecule has 3 aliphatic rings. The topological polar surface area (TPSA) is 66.4 Å². The SMILES string of the molecule is O=C(Cc1nnc(CCC2CCCC2)s1)C1CC(=O)N(c2ccc(CN3CCC(F)(F)CC3)cc2)C1. The number of benzene rings is 1. The van der Waals surface area contributed by atoms with E-state index in [0.717, 1.165) is 40.0 Å². The summed E-state index contributed by atoms with van der Waals surface area (Å²) in [4.78, 5) is 29.3. The Hall–Kier alpha value is -2.26. The van der Waals surface area contributed by atoms with Gasteiger partial charge in [0.25, 0.3) is 5.92 Å². The summed E-state index contributed by atoms with van der Waals surface area (Å²) >= 11 is 1.53. The first-order valence-corrected chi connectivity index (χ1v) is 14.0. The van der Waals surface area contributed by atoms with E-state index in [1.54, 1.807) is 4.90 Å². The number of likely N-dealkylation sites (tertiary alicyclic amines) is 1. The lowest BCUT2D eigenvalue weighted by molar-refractivity contribution is -0.124. The van der Waals surface area contributed by atoms with Crippen LogP contribution in [-0.4, -0.2) is 52.3 Å². The van der Waals surface area contributed by atoms with Crippen molar-refractivity contribution < 1.29 is 18.4 Å². The van der Waals surface area contributed by atoms with E-state index in [1.165, 1.54) is 37.0 Å². The highest BCUT2D eigenvalue weighted by Gasteiger charge is 2.36. The molecular weight excluding hydrogens is 482 g/mol. The van der Waals surface area contributed by atoms with Gasteiger partial charge in [0.1, 0.15) is 15.8 Å². The lowest BCUT2D eigenvalue weighted by Crippen LogP contribution is -2.38. The summed E-state index contributed by atoms with van der Waals surface area (Å²) in [6.07, 6.45) is 7.67. The number of Topliss-reactive ketones (excluding diaryl/α,β-unsaturated/α-hetero) is 1. The molecule has 0 N–H and O–H groups in total. The largest absolute Gasteiger partial charge is 0.312 e. The third-order valence-corrected chi connectivity index (χ3v) is 8.88. The van der Waals surface area contributed by atoms with Crippen LogP contribution < -0.4 is 4.90 Å². The number of carbonyl (C=O) groups is 2. The Balaban J connectivity index is 1.11. The van der Waals surface area contributed by atoms with Gasteiger partial charge in [-0.25, -0.2) is 8.78 Å². The van der Waals surface area contributed by atoms with Crippen LogP contribution in [0.4, 0.5) is 14.5 Å². The van der Waals surface area contributed by atoms with Gasteiger partial charge in [-0.3, -0.25) is 14.5 Å². The summed E-state index contributed by atoms with van der Waals surface area (Å²) in [6.45, 7) is 1.78. The molecule has 1 saturated carbocycles. The molecule has 3 fully saturated rings. The van der Waals surface area contributed by atoms with Crippen LogP contribution in [0, 0.1) is 11.8 Å². The molecule has 0 bridgehead atoms. The van der Waals surface area contributed by atoms with Crippen molar-refractivity contribution in [3.8, 4) is 0 Å². The summed E-state index contributed by atoms with van der Waals surface area (Å²) in [5.74, 6) is -2.08.